The molecule has 0 saturated carbocycles. The average molecular weight is 185 g/mol. The number of hydrogen-bond acceptors (Lipinski definition) is 1. The molecule has 13 heavy (non-hydrogen) atoms. The summed E-state index contributed by atoms with van der Waals surface area (Å²) in [5.74, 6) is 1.50. The molecule has 0 heterocycles. The van der Waals surface area contributed by atoms with Crippen LogP contribution < -0.4 is 5.73 Å². The summed E-state index contributed by atoms with van der Waals surface area (Å²) >= 11 is 0. The van der Waals surface area contributed by atoms with Crippen molar-refractivity contribution in [3.05, 3.63) is 0 Å². The molecule has 2 N–H and O–H groups in total. The topological polar surface area (TPSA) is 26.0 Å². The third-order valence-corrected chi connectivity index (χ3v) is 3.71. The van der Waals surface area contributed by atoms with E-state index in [2.05, 4.69) is 48.5 Å². The molecular formula is C12H27N. The Bertz CT molecular complexity index is 151. The average Bonchev–Trinajstić information content (AvgIpc) is 1.83. The molecule has 0 aliphatic rings. The molecule has 80 valence electrons. The molecule has 0 fully saturated rings. The van der Waals surface area contributed by atoms with Gasteiger partial charge >= 0.3 is 0 Å². The third kappa shape index (κ3) is 3.68. The summed E-state index contributed by atoms with van der Waals surface area (Å²) in [6, 6.07) is 0. The Morgan fingerprint density at radius 3 is 1.62 bits per heavy atom. The highest BCUT2D eigenvalue weighted by Crippen LogP contribution is 2.36. The molecule has 1 atom stereocenters. The zero-order valence-corrected chi connectivity index (χ0v) is 10.4. The van der Waals surface area contributed by atoms with Gasteiger partial charge in [0, 0.05) is 5.54 Å². The molecule has 0 aromatic carbocycles. The lowest BCUT2D eigenvalue weighted by Crippen LogP contribution is -2.48. The zero-order chi connectivity index (χ0) is 10.9. The van der Waals surface area contributed by atoms with E-state index in [-0.39, 0.29) is 11.0 Å². The lowest BCUT2D eigenvalue weighted by molar-refractivity contribution is 0.142. The Morgan fingerprint density at radius 2 is 1.38 bits per heavy atom. The van der Waals surface area contributed by atoms with Gasteiger partial charge in [-0.3, -0.25) is 0 Å². The molecule has 0 radical (unpaired) electrons. The van der Waals surface area contributed by atoms with Crippen LogP contribution in [-0.4, -0.2) is 5.54 Å². The van der Waals surface area contributed by atoms with E-state index in [0.717, 1.165) is 11.8 Å². The Kier molecular flexibility index (Phi) is 3.98. The summed E-state index contributed by atoms with van der Waals surface area (Å²) in [6.45, 7) is 15.7. The summed E-state index contributed by atoms with van der Waals surface area (Å²) in [6.07, 6.45) is 1.20. The first-order valence-electron chi connectivity index (χ1n) is 5.37. The fourth-order valence-electron chi connectivity index (χ4n) is 1.30. The predicted molar refractivity (Wildman–Crippen MR) is 60.7 cm³/mol. The van der Waals surface area contributed by atoms with Gasteiger partial charge in [-0.25, -0.2) is 0 Å². The van der Waals surface area contributed by atoms with Gasteiger partial charge in [-0.15, -0.1) is 0 Å². The van der Waals surface area contributed by atoms with Crippen molar-refractivity contribution >= 4 is 0 Å². The molecule has 0 saturated heterocycles. The SMILES string of the molecule is CC(C)C(C)CC(C)(C)C(C)(C)N. The van der Waals surface area contributed by atoms with Crippen molar-refractivity contribution in [1.82, 2.24) is 0 Å². The number of hydrogen-bond donors (Lipinski definition) is 1. The third-order valence-electron chi connectivity index (χ3n) is 3.71. The Balaban J connectivity index is 4.34. The first-order chi connectivity index (χ1) is 5.58. The summed E-state index contributed by atoms with van der Waals surface area (Å²) in [7, 11) is 0. The first kappa shape index (κ1) is 13.0. The van der Waals surface area contributed by atoms with Crippen LogP contribution in [0.1, 0.15) is 54.9 Å². The zero-order valence-electron chi connectivity index (χ0n) is 10.4. The number of rotatable bonds is 4. The second-order valence-corrected chi connectivity index (χ2v) is 6.03. The van der Waals surface area contributed by atoms with Crippen molar-refractivity contribution in [3.8, 4) is 0 Å². The fourth-order valence-corrected chi connectivity index (χ4v) is 1.30. The van der Waals surface area contributed by atoms with Gasteiger partial charge in [0.2, 0.25) is 0 Å². The molecular weight excluding hydrogens is 158 g/mol. The first-order valence-corrected chi connectivity index (χ1v) is 5.37. The van der Waals surface area contributed by atoms with Crippen molar-refractivity contribution in [2.75, 3.05) is 0 Å². The Morgan fingerprint density at radius 1 is 1.00 bits per heavy atom. The molecule has 0 aromatic rings. The van der Waals surface area contributed by atoms with Gasteiger partial charge in [0.1, 0.15) is 0 Å². The predicted octanol–water partition coefficient (Wildman–Crippen LogP) is 3.43. The van der Waals surface area contributed by atoms with Gasteiger partial charge in [-0.1, -0.05) is 34.6 Å². The molecule has 1 unspecified atom stereocenters. The van der Waals surface area contributed by atoms with Crippen molar-refractivity contribution in [1.29, 1.82) is 0 Å². The monoisotopic (exact) mass is 185 g/mol. The van der Waals surface area contributed by atoms with Gasteiger partial charge in [0.15, 0.2) is 0 Å². The molecule has 0 amide bonds. The Labute approximate surface area is 84.1 Å². The second kappa shape index (κ2) is 4.00. The van der Waals surface area contributed by atoms with E-state index in [1.807, 2.05) is 0 Å². The van der Waals surface area contributed by atoms with E-state index in [4.69, 9.17) is 5.73 Å². The van der Waals surface area contributed by atoms with Gasteiger partial charge < -0.3 is 5.73 Å². The van der Waals surface area contributed by atoms with Crippen LogP contribution >= 0.6 is 0 Å². The van der Waals surface area contributed by atoms with Crippen molar-refractivity contribution in [2.45, 2.75) is 60.4 Å². The smallest absolute Gasteiger partial charge is 0.0149 e. The van der Waals surface area contributed by atoms with Crippen LogP contribution in [0.4, 0.5) is 0 Å². The highest BCUT2D eigenvalue weighted by atomic mass is 14.7. The van der Waals surface area contributed by atoms with Gasteiger partial charge in [-0.05, 0) is 37.5 Å². The molecule has 0 aliphatic heterocycles. The van der Waals surface area contributed by atoms with Gasteiger partial charge in [-0.2, -0.15) is 0 Å². The molecule has 1 nitrogen and oxygen atoms in total. The highest BCUT2D eigenvalue weighted by Gasteiger charge is 2.34. The van der Waals surface area contributed by atoms with E-state index in [9.17, 15) is 0 Å². The second-order valence-electron chi connectivity index (χ2n) is 6.03. The normalized spacial score (nSPS) is 16.4. The van der Waals surface area contributed by atoms with Crippen LogP contribution in [0.5, 0.6) is 0 Å². The van der Waals surface area contributed by atoms with Crippen LogP contribution in [0.2, 0.25) is 0 Å². The minimum atomic E-state index is -0.0872. The van der Waals surface area contributed by atoms with Crippen LogP contribution in [0.25, 0.3) is 0 Å². The van der Waals surface area contributed by atoms with E-state index in [1.165, 1.54) is 6.42 Å². The van der Waals surface area contributed by atoms with Gasteiger partial charge in [0.05, 0.1) is 0 Å². The van der Waals surface area contributed by atoms with E-state index < -0.39 is 0 Å². The molecule has 1 heteroatoms. The summed E-state index contributed by atoms with van der Waals surface area (Å²) in [4.78, 5) is 0. The molecule has 0 aliphatic carbocycles. The molecule has 0 spiro atoms. The summed E-state index contributed by atoms with van der Waals surface area (Å²) in [5, 5.41) is 0. The highest BCUT2D eigenvalue weighted by molar-refractivity contribution is 4.91. The van der Waals surface area contributed by atoms with Crippen LogP contribution in [0.3, 0.4) is 0 Å². The standard InChI is InChI=1S/C12H27N/c1-9(2)10(3)8-11(4,5)12(6,7)13/h9-10H,8,13H2,1-7H3. The minimum absolute atomic E-state index is 0.0872. The lowest BCUT2D eigenvalue weighted by atomic mass is 9.68. The quantitative estimate of drug-likeness (QED) is 0.713. The van der Waals surface area contributed by atoms with Crippen LogP contribution in [0.15, 0.2) is 0 Å². The summed E-state index contributed by atoms with van der Waals surface area (Å²) < 4.78 is 0. The van der Waals surface area contributed by atoms with Crippen LogP contribution in [0, 0.1) is 17.3 Å². The Hall–Kier alpha value is -0.0400. The lowest BCUT2D eigenvalue weighted by Gasteiger charge is -2.41. The maximum Gasteiger partial charge on any atom is 0.0149 e. The van der Waals surface area contributed by atoms with E-state index in [0.29, 0.717) is 0 Å². The van der Waals surface area contributed by atoms with E-state index in [1.54, 1.807) is 0 Å². The van der Waals surface area contributed by atoms with E-state index >= 15 is 0 Å². The van der Waals surface area contributed by atoms with Crippen molar-refractivity contribution in [3.63, 3.8) is 0 Å². The van der Waals surface area contributed by atoms with Crippen molar-refractivity contribution in [2.24, 2.45) is 23.0 Å². The minimum Gasteiger partial charge on any atom is -0.325 e. The molecule has 0 bridgehead atoms. The van der Waals surface area contributed by atoms with Crippen molar-refractivity contribution < 1.29 is 0 Å². The number of nitrogens with two attached hydrogens (primary N) is 1. The molecule has 0 rings (SSSR count). The summed E-state index contributed by atoms with van der Waals surface area (Å²) in [5.41, 5.74) is 6.29. The maximum atomic E-state index is 6.16. The maximum absolute atomic E-state index is 6.16. The molecule has 0 aromatic heterocycles. The fraction of sp³-hybridized carbons (Fsp3) is 1.00. The van der Waals surface area contributed by atoms with Crippen LogP contribution in [-0.2, 0) is 0 Å². The largest absolute Gasteiger partial charge is 0.325 e. The van der Waals surface area contributed by atoms with Gasteiger partial charge in [0.25, 0.3) is 0 Å².